The van der Waals surface area contributed by atoms with Crippen LogP contribution in [0.3, 0.4) is 0 Å². The Morgan fingerprint density at radius 3 is 0.766 bits per heavy atom. The topological polar surface area (TPSA) is 78.9 Å². The molecule has 0 amide bonds. The summed E-state index contributed by atoms with van der Waals surface area (Å²) in [4.78, 5) is 38.1. The number of esters is 3. The van der Waals surface area contributed by atoms with Crippen LogP contribution in [0.1, 0.15) is 324 Å². The molecule has 0 aliphatic carbocycles. The first-order chi connectivity index (χ1) is 31.2. The third kappa shape index (κ3) is 51.4. The predicted molar refractivity (Wildman–Crippen MR) is 275 cm³/mol. The maximum Gasteiger partial charge on any atom is 0.306 e. The van der Waals surface area contributed by atoms with Gasteiger partial charge in [0.2, 0.25) is 0 Å². The summed E-state index contributed by atoms with van der Waals surface area (Å²) in [6, 6.07) is 0. The maximum absolute atomic E-state index is 12.8. The molecule has 0 aromatic carbocycles. The van der Waals surface area contributed by atoms with Crippen molar-refractivity contribution in [2.24, 2.45) is 11.8 Å². The average molecular weight is 906 g/mol. The van der Waals surface area contributed by atoms with Gasteiger partial charge >= 0.3 is 17.9 Å². The summed E-state index contributed by atoms with van der Waals surface area (Å²) in [5.74, 6) is 0.831. The van der Waals surface area contributed by atoms with Crippen LogP contribution in [0.4, 0.5) is 0 Å². The van der Waals surface area contributed by atoms with E-state index in [1.807, 2.05) is 0 Å². The number of hydrogen-bond acceptors (Lipinski definition) is 6. The van der Waals surface area contributed by atoms with Crippen molar-refractivity contribution < 1.29 is 28.6 Å². The van der Waals surface area contributed by atoms with Gasteiger partial charge in [0.1, 0.15) is 13.2 Å². The quantitative estimate of drug-likeness (QED) is 0.0344. The number of rotatable bonds is 52. The van der Waals surface area contributed by atoms with Gasteiger partial charge in [-0.15, -0.1) is 0 Å². The number of ether oxygens (including phenoxy) is 3. The van der Waals surface area contributed by atoms with Crippen molar-refractivity contribution >= 4 is 17.9 Å². The minimum atomic E-state index is -0.762. The summed E-state index contributed by atoms with van der Waals surface area (Å²) in [6.07, 6.45) is 53.7. The first-order valence-corrected chi connectivity index (χ1v) is 28.7. The van der Waals surface area contributed by atoms with Crippen molar-refractivity contribution in [2.75, 3.05) is 13.2 Å². The second-order valence-corrected chi connectivity index (χ2v) is 20.9. The number of hydrogen-bond donors (Lipinski definition) is 0. The van der Waals surface area contributed by atoms with Crippen molar-refractivity contribution in [2.45, 2.75) is 330 Å². The molecule has 64 heavy (non-hydrogen) atoms. The van der Waals surface area contributed by atoms with Crippen molar-refractivity contribution in [1.29, 1.82) is 0 Å². The molecule has 6 heteroatoms. The van der Waals surface area contributed by atoms with E-state index in [9.17, 15) is 14.4 Å². The first kappa shape index (κ1) is 62.4. The van der Waals surface area contributed by atoms with Crippen molar-refractivity contribution in [3.63, 3.8) is 0 Å². The number of carbonyl (C=O) groups excluding carboxylic acids is 3. The molecule has 380 valence electrons. The van der Waals surface area contributed by atoms with Crippen molar-refractivity contribution in [3.8, 4) is 0 Å². The van der Waals surface area contributed by atoms with Gasteiger partial charge in [-0.3, -0.25) is 14.4 Å². The SMILES string of the molecule is CCCCCCCCCCCCCCCCCC(=O)OC[C@H](COC(=O)CCCCCCCCCCCCCC(C)C)OC(=O)CCCCCCCCCCCCCCCCC(C)C. The first-order valence-electron chi connectivity index (χ1n) is 28.7. The highest BCUT2D eigenvalue weighted by atomic mass is 16.6. The lowest BCUT2D eigenvalue weighted by molar-refractivity contribution is -0.167. The zero-order chi connectivity index (χ0) is 46.8. The number of carbonyl (C=O) groups is 3. The summed E-state index contributed by atoms with van der Waals surface area (Å²) in [5.41, 5.74) is 0. The van der Waals surface area contributed by atoms with E-state index in [0.29, 0.717) is 19.3 Å². The lowest BCUT2D eigenvalue weighted by Crippen LogP contribution is -2.30. The highest BCUT2D eigenvalue weighted by Gasteiger charge is 2.19. The summed E-state index contributed by atoms with van der Waals surface area (Å²) in [5, 5.41) is 0. The molecule has 1 atom stereocenters. The minimum Gasteiger partial charge on any atom is -0.462 e. The van der Waals surface area contributed by atoms with E-state index >= 15 is 0 Å². The highest BCUT2D eigenvalue weighted by molar-refractivity contribution is 5.71. The fourth-order valence-electron chi connectivity index (χ4n) is 8.87. The van der Waals surface area contributed by atoms with Crippen LogP contribution in [0.25, 0.3) is 0 Å². The maximum atomic E-state index is 12.8. The molecule has 0 bridgehead atoms. The van der Waals surface area contributed by atoms with Gasteiger partial charge in [-0.2, -0.15) is 0 Å². The molecule has 6 nitrogen and oxygen atoms in total. The van der Waals surface area contributed by atoms with Crippen LogP contribution >= 0.6 is 0 Å². The standard InChI is InChI=1S/C58H112O6/c1-6-7-8-9-10-11-12-13-14-18-23-28-33-38-43-48-56(59)62-51-55(52-63-57(60)49-44-39-34-29-25-20-22-27-32-37-42-47-54(4)5)64-58(61)50-45-40-35-30-24-19-16-15-17-21-26-31-36-41-46-53(2)3/h53-55H,6-52H2,1-5H3/t55-/m1/s1. The van der Waals surface area contributed by atoms with Gasteiger partial charge in [-0.1, -0.05) is 285 Å². The molecule has 0 fully saturated rings. The molecule has 0 aromatic rings. The van der Waals surface area contributed by atoms with E-state index in [1.165, 1.54) is 212 Å². The van der Waals surface area contributed by atoms with Crippen LogP contribution in [0.2, 0.25) is 0 Å². The molecule has 0 radical (unpaired) electrons. The van der Waals surface area contributed by atoms with Crippen LogP contribution in [0.15, 0.2) is 0 Å². The van der Waals surface area contributed by atoms with Crippen LogP contribution < -0.4 is 0 Å². The van der Waals surface area contributed by atoms with E-state index < -0.39 is 6.10 Å². The van der Waals surface area contributed by atoms with E-state index in [2.05, 4.69) is 34.6 Å². The molecule has 0 aromatic heterocycles. The molecule has 0 spiro atoms. The highest BCUT2D eigenvalue weighted by Crippen LogP contribution is 2.18. The molecule has 0 aliphatic heterocycles. The Morgan fingerprint density at radius 2 is 0.516 bits per heavy atom. The smallest absolute Gasteiger partial charge is 0.306 e. The average Bonchev–Trinajstić information content (AvgIpc) is 3.27. The van der Waals surface area contributed by atoms with Crippen LogP contribution in [0, 0.1) is 11.8 Å². The van der Waals surface area contributed by atoms with Crippen LogP contribution in [-0.2, 0) is 28.6 Å². The second kappa shape index (κ2) is 50.8. The Morgan fingerprint density at radius 1 is 0.297 bits per heavy atom. The second-order valence-electron chi connectivity index (χ2n) is 20.9. The van der Waals surface area contributed by atoms with Gasteiger partial charge in [0.25, 0.3) is 0 Å². The van der Waals surface area contributed by atoms with Crippen LogP contribution in [0.5, 0.6) is 0 Å². The number of unbranched alkanes of at least 4 members (excludes halogenated alkanes) is 37. The molecule has 0 rings (SSSR count). The Kier molecular flexibility index (Phi) is 49.6. The van der Waals surface area contributed by atoms with Gasteiger partial charge in [-0.05, 0) is 31.1 Å². The van der Waals surface area contributed by atoms with Gasteiger partial charge in [-0.25, -0.2) is 0 Å². The summed E-state index contributed by atoms with van der Waals surface area (Å²) < 4.78 is 16.9. The third-order valence-electron chi connectivity index (χ3n) is 13.2. The van der Waals surface area contributed by atoms with Gasteiger partial charge in [0, 0.05) is 19.3 Å². The van der Waals surface area contributed by atoms with Crippen LogP contribution in [-0.4, -0.2) is 37.2 Å². The third-order valence-corrected chi connectivity index (χ3v) is 13.2. The Hall–Kier alpha value is -1.59. The fourth-order valence-corrected chi connectivity index (χ4v) is 8.87. The lowest BCUT2D eigenvalue weighted by atomic mass is 10.0. The molecular formula is C58H112O6. The lowest BCUT2D eigenvalue weighted by Gasteiger charge is -2.18. The fraction of sp³-hybridized carbons (Fsp3) is 0.948. The Bertz CT molecular complexity index is 978. The van der Waals surface area contributed by atoms with Crippen molar-refractivity contribution in [3.05, 3.63) is 0 Å². The van der Waals surface area contributed by atoms with Gasteiger partial charge < -0.3 is 14.2 Å². The molecule has 0 saturated heterocycles. The zero-order valence-electron chi connectivity index (χ0n) is 43.9. The summed E-state index contributed by atoms with van der Waals surface area (Å²) in [7, 11) is 0. The van der Waals surface area contributed by atoms with E-state index in [4.69, 9.17) is 14.2 Å². The molecule has 0 N–H and O–H groups in total. The van der Waals surface area contributed by atoms with Gasteiger partial charge in [0.15, 0.2) is 6.10 Å². The largest absolute Gasteiger partial charge is 0.462 e. The minimum absolute atomic E-state index is 0.0627. The van der Waals surface area contributed by atoms with E-state index in [1.54, 1.807) is 0 Å². The normalized spacial score (nSPS) is 12.0. The zero-order valence-corrected chi connectivity index (χ0v) is 43.9. The van der Waals surface area contributed by atoms with E-state index in [-0.39, 0.29) is 31.1 Å². The van der Waals surface area contributed by atoms with Gasteiger partial charge in [0.05, 0.1) is 0 Å². The Labute approximate surface area is 399 Å². The molecular weight excluding hydrogens is 793 g/mol. The monoisotopic (exact) mass is 905 g/mol. The molecule has 0 heterocycles. The summed E-state index contributed by atoms with van der Waals surface area (Å²) >= 11 is 0. The van der Waals surface area contributed by atoms with E-state index in [0.717, 1.165) is 69.6 Å². The summed E-state index contributed by atoms with van der Waals surface area (Å²) in [6.45, 7) is 11.4. The predicted octanol–water partition coefficient (Wildman–Crippen LogP) is 18.9. The molecule has 0 saturated carbocycles. The Balaban J connectivity index is 4.30. The molecule has 0 aliphatic rings. The van der Waals surface area contributed by atoms with Crippen molar-refractivity contribution in [1.82, 2.24) is 0 Å². The molecule has 0 unspecified atom stereocenters.